The molecular weight excluding hydrogens is 290 g/mol. The van der Waals surface area contributed by atoms with E-state index >= 15 is 0 Å². The van der Waals surface area contributed by atoms with Crippen molar-refractivity contribution in [2.45, 2.75) is 27.3 Å². The molecule has 0 bridgehead atoms. The van der Waals surface area contributed by atoms with Gasteiger partial charge in [-0.25, -0.2) is 4.79 Å². The van der Waals surface area contributed by atoms with Crippen LogP contribution >= 0.6 is 0 Å². The van der Waals surface area contributed by atoms with Crippen LogP contribution in [0.5, 0.6) is 0 Å². The van der Waals surface area contributed by atoms with E-state index in [1.165, 1.54) is 4.57 Å². The number of rotatable bonds is 3. The number of carbonyl (C=O) groups excluding carboxylic acids is 1. The van der Waals surface area contributed by atoms with Gasteiger partial charge in [-0.05, 0) is 44.0 Å². The van der Waals surface area contributed by atoms with Gasteiger partial charge in [0.15, 0.2) is 0 Å². The molecule has 0 aliphatic heterocycles. The number of hydrogen-bond acceptors (Lipinski definition) is 2. The zero-order valence-corrected chi connectivity index (χ0v) is 13.4. The van der Waals surface area contributed by atoms with Crippen molar-refractivity contribution in [3.8, 4) is 0 Å². The van der Waals surface area contributed by atoms with Crippen molar-refractivity contribution in [3.05, 3.63) is 63.6 Å². The monoisotopic (exact) mass is 309 g/mol. The Bertz CT molecular complexity index is 927. The Labute approximate surface area is 134 Å². The minimum atomic E-state index is -0.279. The Kier molecular flexibility index (Phi) is 3.78. The number of nitrogens with zero attached hydrogens (tertiary/aromatic N) is 1. The molecule has 0 saturated carbocycles. The van der Waals surface area contributed by atoms with Crippen molar-refractivity contribution in [2.24, 2.45) is 0 Å². The van der Waals surface area contributed by atoms with Gasteiger partial charge in [0.2, 0.25) is 5.91 Å². The maximum atomic E-state index is 12.4. The van der Waals surface area contributed by atoms with E-state index in [2.05, 4.69) is 10.3 Å². The molecule has 0 aliphatic rings. The molecule has 2 aromatic carbocycles. The number of H-pyrrole nitrogens is 1. The SMILES string of the molecule is Cc1cc(C)c(NC(=O)Cn2c(=O)[nH]c3ccccc32)c(C)c1. The van der Waals surface area contributed by atoms with Crippen molar-refractivity contribution in [3.63, 3.8) is 0 Å². The van der Waals surface area contributed by atoms with Gasteiger partial charge in [0.05, 0.1) is 11.0 Å². The number of benzene rings is 2. The van der Waals surface area contributed by atoms with Gasteiger partial charge in [-0.15, -0.1) is 0 Å². The minimum absolute atomic E-state index is 0.0183. The molecule has 0 atom stereocenters. The van der Waals surface area contributed by atoms with Crippen LogP contribution in [-0.4, -0.2) is 15.5 Å². The summed E-state index contributed by atoms with van der Waals surface area (Å²) >= 11 is 0. The molecule has 0 saturated heterocycles. The average Bonchev–Trinajstić information content (AvgIpc) is 2.79. The lowest BCUT2D eigenvalue weighted by molar-refractivity contribution is -0.116. The van der Waals surface area contributed by atoms with Crippen LogP contribution in [0.2, 0.25) is 0 Å². The first-order chi connectivity index (χ1) is 11.0. The van der Waals surface area contributed by atoms with Crippen LogP contribution in [-0.2, 0) is 11.3 Å². The summed E-state index contributed by atoms with van der Waals surface area (Å²) in [5, 5.41) is 2.92. The summed E-state index contributed by atoms with van der Waals surface area (Å²) in [6, 6.07) is 11.4. The molecule has 0 unspecified atom stereocenters. The summed E-state index contributed by atoms with van der Waals surface area (Å²) in [7, 11) is 0. The summed E-state index contributed by atoms with van der Waals surface area (Å²) in [4.78, 5) is 27.2. The third-order valence-electron chi connectivity index (χ3n) is 3.92. The van der Waals surface area contributed by atoms with Gasteiger partial charge in [-0.2, -0.15) is 0 Å². The van der Waals surface area contributed by atoms with Crippen LogP contribution in [0.4, 0.5) is 5.69 Å². The van der Waals surface area contributed by atoms with E-state index in [1.807, 2.05) is 57.2 Å². The number of nitrogens with one attached hydrogen (secondary N) is 2. The van der Waals surface area contributed by atoms with Crippen molar-refractivity contribution in [1.29, 1.82) is 0 Å². The third-order valence-corrected chi connectivity index (χ3v) is 3.92. The zero-order chi connectivity index (χ0) is 16.6. The maximum absolute atomic E-state index is 12.4. The predicted octanol–water partition coefficient (Wildman–Crippen LogP) is 2.89. The van der Waals surface area contributed by atoms with Crippen molar-refractivity contribution in [1.82, 2.24) is 9.55 Å². The van der Waals surface area contributed by atoms with Crippen molar-refractivity contribution < 1.29 is 4.79 Å². The number of fused-ring (bicyclic) bond motifs is 1. The molecule has 2 N–H and O–H groups in total. The fraction of sp³-hybridized carbons (Fsp3) is 0.222. The molecule has 0 fully saturated rings. The van der Waals surface area contributed by atoms with Crippen LogP contribution < -0.4 is 11.0 Å². The molecule has 5 heteroatoms. The minimum Gasteiger partial charge on any atom is -0.324 e. The average molecular weight is 309 g/mol. The van der Waals surface area contributed by atoms with Crippen LogP contribution in [0, 0.1) is 20.8 Å². The number of aromatic amines is 1. The van der Waals surface area contributed by atoms with E-state index in [4.69, 9.17) is 0 Å². The predicted molar refractivity (Wildman–Crippen MR) is 91.8 cm³/mol. The molecule has 1 heterocycles. The van der Waals surface area contributed by atoms with Crippen LogP contribution in [0.1, 0.15) is 16.7 Å². The van der Waals surface area contributed by atoms with Gasteiger partial charge in [0.25, 0.3) is 0 Å². The smallest absolute Gasteiger partial charge is 0.324 e. The largest absolute Gasteiger partial charge is 0.326 e. The van der Waals surface area contributed by atoms with Gasteiger partial charge in [0, 0.05) is 5.69 Å². The van der Waals surface area contributed by atoms with Gasteiger partial charge in [-0.3, -0.25) is 9.36 Å². The summed E-state index contributed by atoms with van der Waals surface area (Å²) < 4.78 is 1.45. The summed E-state index contributed by atoms with van der Waals surface area (Å²) in [6.07, 6.45) is 0. The lowest BCUT2D eigenvalue weighted by atomic mass is 10.1. The number of imidazole rings is 1. The zero-order valence-electron chi connectivity index (χ0n) is 13.4. The number of anilines is 1. The molecule has 0 aliphatic carbocycles. The van der Waals surface area contributed by atoms with Gasteiger partial charge < -0.3 is 10.3 Å². The van der Waals surface area contributed by atoms with E-state index in [9.17, 15) is 9.59 Å². The standard InChI is InChI=1S/C18H19N3O2/c1-11-8-12(2)17(13(3)9-11)20-16(22)10-21-15-7-5-4-6-14(15)19-18(21)23/h4-9H,10H2,1-3H3,(H,19,23)(H,20,22). The summed E-state index contributed by atoms with van der Waals surface area (Å²) in [6.45, 7) is 5.94. The molecule has 3 rings (SSSR count). The van der Waals surface area contributed by atoms with Crippen molar-refractivity contribution >= 4 is 22.6 Å². The molecule has 3 aromatic rings. The Hall–Kier alpha value is -2.82. The molecule has 1 aromatic heterocycles. The van der Waals surface area contributed by atoms with E-state index in [0.29, 0.717) is 0 Å². The Balaban J connectivity index is 1.88. The number of aryl methyl sites for hydroxylation is 3. The molecule has 5 nitrogen and oxygen atoms in total. The van der Waals surface area contributed by atoms with Crippen molar-refractivity contribution in [2.75, 3.05) is 5.32 Å². The number of para-hydroxylation sites is 2. The quantitative estimate of drug-likeness (QED) is 0.781. The Morgan fingerprint density at radius 3 is 2.48 bits per heavy atom. The second-order valence-electron chi connectivity index (χ2n) is 5.86. The van der Waals surface area contributed by atoms with E-state index in [-0.39, 0.29) is 18.1 Å². The maximum Gasteiger partial charge on any atom is 0.326 e. The van der Waals surface area contributed by atoms with E-state index < -0.39 is 0 Å². The van der Waals surface area contributed by atoms with Crippen LogP contribution in [0.25, 0.3) is 11.0 Å². The number of amides is 1. The first kappa shape index (κ1) is 15.1. The highest BCUT2D eigenvalue weighted by atomic mass is 16.2. The second-order valence-corrected chi connectivity index (χ2v) is 5.86. The molecule has 0 radical (unpaired) electrons. The highest BCUT2D eigenvalue weighted by Crippen LogP contribution is 2.22. The fourth-order valence-electron chi connectivity index (χ4n) is 2.96. The molecule has 23 heavy (non-hydrogen) atoms. The third kappa shape index (κ3) is 2.90. The van der Waals surface area contributed by atoms with Crippen LogP contribution in [0.15, 0.2) is 41.2 Å². The molecule has 118 valence electrons. The second kappa shape index (κ2) is 5.76. The summed E-state index contributed by atoms with van der Waals surface area (Å²) in [5.74, 6) is -0.216. The lowest BCUT2D eigenvalue weighted by Gasteiger charge is -2.13. The fourth-order valence-corrected chi connectivity index (χ4v) is 2.96. The van der Waals surface area contributed by atoms with Crippen LogP contribution in [0.3, 0.4) is 0 Å². The Morgan fingerprint density at radius 1 is 1.13 bits per heavy atom. The summed E-state index contributed by atoms with van der Waals surface area (Å²) in [5.41, 5.74) is 5.18. The number of hydrogen-bond donors (Lipinski definition) is 2. The molecule has 1 amide bonds. The van der Waals surface area contributed by atoms with E-state index in [1.54, 1.807) is 0 Å². The first-order valence-corrected chi connectivity index (χ1v) is 7.51. The Morgan fingerprint density at radius 2 is 1.78 bits per heavy atom. The van der Waals surface area contributed by atoms with E-state index in [0.717, 1.165) is 33.4 Å². The first-order valence-electron chi connectivity index (χ1n) is 7.51. The van der Waals surface area contributed by atoms with Gasteiger partial charge in [0.1, 0.15) is 6.54 Å². The number of aromatic nitrogens is 2. The molecular formula is C18H19N3O2. The van der Waals surface area contributed by atoms with Gasteiger partial charge in [-0.1, -0.05) is 29.8 Å². The normalized spacial score (nSPS) is 10.9. The highest BCUT2D eigenvalue weighted by molar-refractivity contribution is 5.93. The highest BCUT2D eigenvalue weighted by Gasteiger charge is 2.12. The topological polar surface area (TPSA) is 66.9 Å². The lowest BCUT2D eigenvalue weighted by Crippen LogP contribution is -2.26. The molecule has 0 spiro atoms. The number of carbonyl (C=O) groups is 1. The van der Waals surface area contributed by atoms with Gasteiger partial charge >= 0.3 is 5.69 Å².